The highest BCUT2D eigenvalue weighted by Crippen LogP contribution is 2.09. The number of amidine groups is 1. The molecule has 7 heteroatoms. The van der Waals surface area contributed by atoms with Crippen molar-refractivity contribution in [3.63, 3.8) is 0 Å². The molecule has 1 heterocycles. The summed E-state index contributed by atoms with van der Waals surface area (Å²) in [5, 5.41) is 16.1. The monoisotopic (exact) mass is 210 g/mol. The first kappa shape index (κ1) is 11.0. The number of amides is 2. The number of rotatable bonds is 3. The number of nitrogens with zero attached hydrogens (tertiary/aromatic N) is 2. The van der Waals surface area contributed by atoms with Crippen LogP contribution in [-0.4, -0.2) is 40.6 Å². The molecule has 7 nitrogen and oxygen atoms in total. The van der Waals surface area contributed by atoms with Crippen molar-refractivity contribution in [2.45, 2.75) is 6.92 Å². The van der Waals surface area contributed by atoms with Crippen molar-refractivity contribution in [3.05, 3.63) is 11.8 Å². The van der Waals surface area contributed by atoms with Gasteiger partial charge in [0.2, 0.25) is 0 Å². The van der Waals surface area contributed by atoms with Crippen molar-refractivity contribution in [1.82, 2.24) is 15.1 Å². The van der Waals surface area contributed by atoms with Crippen LogP contribution in [0.3, 0.4) is 0 Å². The van der Waals surface area contributed by atoms with Crippen LogP contribution in [-0.2, 0) is 0 Å². The summed E-state index contributed by atoms with van der Waals surface area (Å²) in [5.74, 6) is 0.200. The van der Waals surface area contributed by atoms with Crippen LogP contribution in [0.15, 0.2) is 6.20 Å². The van der Waals surface area contributed by atoms with E-state index in [0.29, 0.717) is 17.9 Å². The average molecular weight is 210 g/mol. The number of urea groups is 1. The third kappa shape index (κ3) is 2.46. The van der Waals surface area contributed by atoms with E-state index in [4.69, 9.17) is 11.1 Å². The Morgan fingerprint density at radius 3 is 3.00 bits per heavy atom. The molecule has 0 aromatic carbocycles. The first-order valence-electron chi connectivity index (χ1n) is 4.46. The van der Waals surface area contributed by atoms with Gasteiger partial charge in [-0.15, -0.1) is 0 Å². The van der Waals surface area contributed by atoms with Crippen molar-refractivity contribution < 1.29 is 4.79 Å². The summed E-state index contributed by atoms with van der Waals surface area (Å²) >= 11 is 0. The lowest BCUT2D eigenvalue weighted by Crippen LogP contribution is -2.31. The third-order valence-corrected chi connectivity index (χ3v) is 1.98. The number of H-pyrrole nitrogens is 1. The van der Waals surface area contributed by atoms with Crippen molar-refractivity contribution in [2.24, 2.45) is 5.73 Å². The Balaban J connectivity index is 2.76. The molecule has 1 aromatic heterocycles. The number of hydrogen-bond donors (Lipinski definition) is 4. The molecule has 0 fully saturated rings. The number of nitrogens with two attached hydrogens (primary N) is 1. The normalized spacial score (nSPS) is 9.73. The number of nitrogens with one attached hydrogen (secondary N) is 3. The second-order valence-corrected chi connectivity index (χ2v) is 3.02. The predicted octanol–water partition coefficient (Wildman–Crippen LogP) is 0.177. The predicted molar refractivity (Wildman–Crippen MR) is 56.9 cm³/mol. The molecule has 0 aliphatic carbocycles. The minimum absolute atomic E-state index is 0.141. The molecular weight excluding hydrogens is 196 g/mol. The maximum atomic E-state index is 11.5. The van der Waals surface area contributed by atoms with Gasteiger partial charge in [-0.05, 0) is 6.92 Å². The molecule has 0 unspecified atom stereocenters. The molecule has 1 rings (SSSR count). The maximum Gasteiger partial charge on any atom is 0.322 e. The van der Waals surface area contributed by atoms with E-state index < -0.39 is 0 Å². The molecule has 0 radical (unpaired) electrons. The Morgan fingerprint density at radius 2 is 2.47 bits per heavy atom. The van der Waals surface area contributed by atoms with Gasteiger partial charge in [0.05, 0.1) is 11.8 Å². The molecule has 5 N–H and O–H groups in total. The van der Waals surface area contributed by atoms with E-state index in [1.807, 2.05) is 6.92 Å². The van der Waals surface area contributed by atoms with E-state index in [2.05, 4.69) is 15.5 Å². The molecule has 2 amide bonds. The lowest BCUT2D eigenvalue weighted by Gasteiger charge is -2.14. The van der Waals surface area contributed by atoms with E-state index in [-0.39, 0.29) is 11.9 Å². The number of anilines is 1. The highest BCUT2D eigenvalue weighted by molar-refractivity contribution is 6.02. The third-order valence-electron chi connectivity index (χ3n) is 1.98. The number of carbonyl (C=O) groups excluding carboxylic acids is 1. The van der Waals surface area contributed by atoms with Crippen LogP contribution >= 0.6 is 0 Å². The molecule has 0 spiro atoms. The van der Waals surface area contributed by atoms with Gasteiger partial charge in [0.15, 0.2) is 0 Å². The first-order chi connectivity index (χ1) is 7.06. The van der Waals surface area contributed by atoms with Crippen LogP contribution in [0, 0.1) is 5.41 Å². The molecule has 0 saturated carbocycles. The maximum absolute atomic E-state index is 11.5. The van der Waals surface area contributed by atoms with E-state index >= 15 is 0 Å². The highest BCUT2D eigenvalue weighted by Gasteiger charge is 2.12. The second-order valence-electron chi connectivity index (χ2n) is 3.02. The van der Waals surface area contributed by atoms with Crippen molar-refractivity contribution in [2.75, 3.05) is 18.9 Å². The Morgan fingerprint density at radius 1 is 1.80 bits per heavy atom. The van der Waals surface area contributed by atoms with Gasteiger partial charge >= 0.3 is 6.03 Å². The summed E-state index contributed by atoms with van der Waals surface area (Å²) in [6.07, 6.45) is 1.39. The molecule has 0 aliphatic heterocycles. The summed E-state index contributed by atoms with van der Waals surface area (Å²) in [7, 11) is 1.67. The molecular formula is C8H14N6O. The standard InChI is InChI=1S/C8H14N6O/c1-3-14(2)8(15)12-7-5(6(9)10)4-11-13-7/h4H,3H2,1-2H3,(H3,9,10)(H2,11,12,13,15). The minimum Gasteiger partial charge on any atom is -0.384 e. The van der Waals surface area contributed by atoms with Crippen molar-refractivity contribution in [1.29, 1.82) is 5.41 Å². The Hall–Kier alpha value is -2.05. The topological polar surface area (TPSA) is 111 Å². The van der Waals surface area contributed by atoms with Crippen LogP contribution < -0.4 is 11.1 Å². The zero-order chi connectivity index (χ0) is 11.4. The minimum atomic E-state index is -0.274. The highest BCUT2D eigenvalue weighted by atomic mass is 16.2. The number of nitrogen functional groups attached to an aromatic ring is 1. The lowest BCUT2D eigenvalue weighted by atomic mass is 10.3. The summed E-state index contributed by atoms with van der Waals surface area (Å²) in [4.78, 5) is 13.0. The average Bonchev–Trinajstić information content (AvgIpc) is 2.64. The van der Waals surface area contributed by atoms with E-state index in [1.54, 1.807) is 7.05 Å². The van der Waals surface area contributed by atoms with Gasteiger partial charge in [-0.3, -0.25) is 15.8 Å². The van der Waals surface area contributed by atoms with Gasteiger partial charge in [-0.25, -0.2) is 4.79 Å². The van der Waals surface area contributed by atoms with E-state index in [9.17, 15) is 4.79 Å². The van der Waals surface area contributed by atoms with Gasteiger partial charge in [-0.2, -0.15) is 5.10 Å². The van der Waals surface area contributed by atoms with E-state index in [0.717, 1.165) is 0 Å². The van der Waals surface area contributed by atoms with Gasteiger partial charge in [0, 0.05) is 13.6 Å². The fourth-order valence-electron chi connectivity index (χ4n) is 0.932. The molecule has 82 valence electrons. The quantitative estimate of drug-likeness (QED) is 0.421. The fraction of sp³-hybridized carbons (Fsp3) is 0.375. The van der Waals surface area contributed by atoms with Crippen LogP contribution in [0.2, 0.25) is 0 Å². The van der Waals surface area contributed by atoms with Crippen molar-refractivity contribution in [3.8, 4) is 0 Å². The number of aromatic amines is 1. The van der Waals surface area contributed by atoms with Crippen LogP contribution in [0.5, 0.6) is 0 Å². The van der Waals surface area contributed by atoms with Gasteiger partial charge < -0.3 is 10.6 Å². The Bertz CT molecular complexity index is 371. The largest absolute Gasteiger partial charge is 0.384 e. The number of hydrogen-bond acceptors (Lipinski definition) is 3. The van der Waals surface area contributed by atoms with Crippen LogP contribution in [0.4, 0.5) is 10.6 Å². The zero-order valence-corrected chi connectivity index (χ0v) is 8.66. The first-order valence-corrected chi connectivity index (χ1v) is 4.46. The summed E-state index contributed by atoms with van der Waals surface area (Å²) in [6.45, 7) is 2.45. The number of aromatic nitrogens is 2. The SMILES string of the molecule is CCN(C)C(=O)Nc1[nH]ncc1C(=N)N. The molecule has 0 saturated heterocycles. The molecule has 1 aromatic rings. The fourth-order valence-corrected chi connectivity index (χ4v) is 0.932. The zero-order valence-electron chi connectivity index (χ0n) is 8.66. The molecule has 0 aliphatic rings. The second kappa shape index (κ2) is 4.45. The van der Waals surface area contributed by atoms with Gasteiger partial charge in [0.25, 0.3) is 0 Å². The van der Waals surface area contributed by atoms with E-state index in [1.165, 1.54) is 11.1 Å². The Labute approximate surface area is 87.1 Å². The number of carbonyl (C=O) groups is 1. The van der Waals surface area contributed by atoms with Gasteiger partial charge in [0.1, 0.15) is 11.7 Å². The van der Waals surface area contributed by atoms with Crippen molar-refractivity contribution >= 4 is 17.7 Å². The van der Waals surface area contributed by atoms with Gasteiger partial charge in [-0.1, -0.05) is 0 Å². The molecule has 0 atom stereocenters. The van der Waals surface area contributed by atoms with Crippen LogP contribution in [0.25, 0.3) is 0 Å². The van der Waals surface area contributed by atoms with Crippen LogP contribution in [0.1, 0.15) is 12.5 Å². The summed E-state index contributed by atoms with van der Waals surface area (Å²) in [5.41, 5.74) is 5.68. The molecule has 0 bridgehead atoms. The molecule has 15 heavy (non-hydrogen) atoms. The smallest absolute Gasteiger partial charge is 0.322 e. The summed E-state index contributed by atoms with van der Waals surface area (Å²) in [6, 6.07) is -0.274. The lowest BCUT2D eigenvalue weighted by molar-refractivity contribution is 0.224. The summed E-state index contributed by atoms with van der Waals surface area (Å²) < 4.78 is 0. The Kier molecular flexibility index (Phi) is 3.27.